The van der Waals surface area contributed by atoms with Crippen LogP contribution in [0.3, 0.4) is 0 Å². The van der Waals surface area contributed by atoms with E-state index in [1.807, 2.05) is 31.2 Å². The number of benzene rings is 1. The van der Waals surface area contributed by atoms with Crippen LogP contribution >= 0.6 is 15.9 Å². The number of hydrogen-bond donors (Lipinski definition) is 0. The average molecular weight is 478 g/mol. The lowest BCUT2D eigenvalue weighted by Gasteiger charge is -2.18. The molecule has 3 aromatic heterocycles. The molecular formula is C23H20BrN5O2. The molecule has 1 aliphatic carbocycles. The maximum absolute atomic E-state index is 12.9. The molecule has 5 rings (SSSR count). The second-order valence-corrected chi connectivity index (χ2v) is 8.57. The zero-order valence-corrected chi connectivity index (χ0v) is 18.7. The van der Waals surface area contributed by atoms with E-state index in [1.165, 1.54) is 6.33 Å². The first-order chi connectivity index (χ1) is 15.1. The molecular weight excluding hydrogens is 458 g/mol. The molecule has 7 nitrogen and oxygen atoms in total. The molecule has 1 saturated carbocycles. The van der Waals surface area contributed by atoms with Crippen molar-refractivity contribution >= 4 is 27.0 Å². The highest BCUT2D eigenvalue weighted by molar-refractivity contribution is 9.10. The summed E-state index contributed by atoms with van der Waals surface area (Å²) in [4.78, 5) is 31.1. The molecule has 0 N–H and O–H groups in total. The summed E-state index contributed by atoms with van der Waals surface area (Å²) in [6.45, 7) is 1.99. The van der Waals surface area contributed by atoms with Gasteiger partial charge >= 0.3 is 0 Å². The minimum atomic E-state index is -0.205. The lowest BCUT2D eigenvalue weighted by Crippen LogP contribution is -2.24. The van der Waals surface area contributed by atoms with Crippen molar-refractivity contribution in [2.75, 3.05) is 7.11 Å². The van der Waals surface area contributed by atoms with Crippen molar-refractivity contribution in [2.45, 2.75) is 31.7 Å². The molecule has 0 radical (unpaired) electrons. The van der Waals surface area contributed by atoms with Crippen molar-refractivity contribution < 1.29 is 4.74 Å². The maximum atomic E-state index is 12.9. The molecule has 1 aromatic carbocycles. The van der Waals surface area contributed by atoms with Crippen LogP contribution in [-0.4, -0.2) is 31.6 Å². The van der Waals surface area contributed by atoms with Gasteiger partial charge in [-0.25, -0.2) is 19.9 Å². The van der Waals surface area contributed by atoms with E-state index in [1.54, 1.807) is 30.0 Å². The number of aromatic nitrogens is 5. The average Bonchev–Trinajstić information content (AvgIpc) is 3.63. The van der Waals surface area contributed by atoms with Crippen LogP contribution in [0.1, 0.15) is 43.0 Å². The number of nitrogens with zero attached hydrogens (tertiary/aromatic N) is 5. The van der Waals surface area contributed by atoms with Crippen LogP contribution in [0.2, 0.25) is 0 Å². The van der Waals surface area contributed by atoms with Gasteiger partial charge in [0.15, 0.2) is 5.82 Å². The smallest absolute Gasteiger partial charge is 0.252 e. The first-order valence-corrected chi connectivity index (χ1v) is 10.9. The summed E-state index contributed by atoms with van der Waals surface area (Å²) in [5.41, 5.74) is 3.06. The molecule has 0 saturated heterocycles. The largest absolute Gasteiger partial charge is 0.480 e. The van der Waals surface area contributed by atoms with Crippen LogP contribution < -0.4 is 10.3 Å². The van der Waals surface area contributed by atoms with Gasteiger partial charge in [-0.05, 0) is 43.5 Å². The van der Waals surface area contributed by atoms with Gasteiger partial charge in [0.2, 0.25) is 5.88 Å². The van der Waals surface area contributed by atoms with E-state index in [9.17, 15) is 4.79 Å². The Morgan fingerprint density at radius 1 is 1.10 bits per heavy atom. The van der Waals surface area contributed by atoms with E-state index in [0.717, 1.165) is 34.0 Å². The van der Waals surface area contributed by atoms with Gasteiger partial charge < -0.3 is 4.74 Å². The fraction of sp³-hybridized carbons (Fsp3) is 0.261. The minimum absolute atomic E-state index is 0.119. The maximum Gasteiger partial charge on any atom is 0.252 e. The summed E-state index contributed by atoms with van der Waals surface area (Å²) < 4.78 is 8.20. The Labute approximate surface area is 187 Å². The summed E-state index contributed by atoms with van der Waals surface area (Å²) in [7, 11) is 1.58. The van der Waals surface area contributed by atoms with Gasteiger partial charge in [-0.2, -0.15) is 0 Å². The number of ether oxygens (including phenoxy) is 1. The second kappa shape index (κ2) is 7.85. The highest BCUT2D eigenvalue weighted by Gasteiger charge is 2.31. The van der Waals surface area contributed by atoms with Gasteiger partial charge in [-0.15, -0.1) is 0 Å². The van der Waals surface area contributed by atoms with E-state index in [0.29, 0.717) is 28.8 Å². The Kier molecular flexibility index (Phi) is 5.02. The Hall–Kier alpha value is -3.13. The summed E-state index contributed by atoms with van der Waals surface area (Å²) in [5.74, 6) is 1.28. The Morgan fingerprint density at radius 3 is 2.58 bits per heavy atom. The van der Waals surface area contributed by atoms with Crippen LogP contribution in [0.15, 0.2) is 58.2 Å². The van der Waals surface area contributed by atoms with Crippen LogP contribution in [-0.2, 0) is 0 Å². The summed E-state index contributed by atoms with van der Waals surface area (Å²) >= 11 is 3.46. The molecule has 0 spiro atoms. The van der Waals surface area contributed by atoms with Gasteiger partial charge in [0.25, 0.3) is 5.56 Å². The molecule has 1 aliphatic rings. The first kappa shape index (κ1) is 19.8. The van der Waals surface area contributed by atoms with Gasteiger partial charge in [-0.3, -0.25) is 9.36 Å². The molecule has 8 heteroatoms. The van der Waals surface area contributed by atoms with Crippen molar-refractivity contribution in [1.82, 2.24) is 24.5 Å². The monoisotopic (exact) mass is 477 g/mol. The van der Waals surface area contributed by atoms with Crippen LogP contribution in [0.4, 0.5) is 0 Å². The van der Waals surface area contributed by atoms with Gasteiger partial charge in [-0.1, -0.05) is 28.1 Å². The van der Waals surface area contributed by atoms with E-state index in [-0.39, 0.29) is 11.6 Å². The highest BCUT2D eigenvalue weighted by atomic mass is 79.9. The Balaban J connectivity index is 1.72. The quantitative estimate of drug-likeness (QED) is 0.420. The summed E-state index contributed by atoms with van der Waals surface area (Å²) in [6, 6.07) is 11.1. The first-order valence-electron chi connectivity index (χ1n) is 10.1. The third-order valence-corrected chi connectivity index (χ3v) is 6.16. The SMILES string of the molecule is COc1ncnc(C2CC2)c1-c1ncc2ccc(=O)n([C@H](C)c3ccc(Br)cc3)c2n1. The molecule has 0 aliphatic heterocycles. The lowest BCUT2D eigenvalue weighted by molar-refractivity contribution is 0.397. The molecule has 3 heterocycles. The topological polar surface area (TPSA) is 82.8 Å². The van der Waals surface area contributed by atoms with Gasteiger partial charge in [0.05, 0.1) is 18.8 Å². The number of rotatable bonds is 5. The molecule has 0 bridgehead atoms. The molecule has 0 amide bonds. The predicted molar refractivity (Wildman–Crippen MR) is 121 cm³/mol. The number of pyridine rings is 1. The minimum Gasteiger partial charge on any atom is -0.480 e. The van der Waals surface area contributed by atoms with Crippen molar-refractivity contribution in [2.24, 2.45) is 0 Å². The highest BCUT2D eigenvalue weighted by Crippen LogP contribution is 2.44. The van der Waals surface area contributed by atoms with Crippen molar-refractivity contribution in [3.63, 3.8) is 0 Å². The van der Waals surface area contributed by atoms with E-state index in [2.05, 4.69) is 30.9 Å². The zero-order valence-electron chi connectivity index (χ0n) is 17.1. The zero-order chi connectivity index (χ0) is 21.5. The molecule has 1 atom stereocenters. The number of hydrogen-bond acceptors (Lipinski definition) is 6. The number of fused-ring (bicyclic) bond motifs is 1. The standard InChI is InChI=1S/C23H20BrN5O2/c1-13(14-5-8-17(24)9-6-14)29-18(30)10-7-16-11-25-21(28-22(16)29)19-20(15-3-4-15)26-12-27-23(19)31-2/h5-13,15H,3-4H2,1-2H3/t13-/m1/s1. The fourth-order valence-corrected chi connectivity index (χ4v) is 4.10. The lowest BCUT2D eigenvalue weighted by atomic mass is 10.1. The fourth-order valence-electron chi connectivity index (χ4n) is 3.84. The van der Waals surface area contributed by atoms with Crippen molar-refractivity contribution in [1.29, 1.82) is 0 Å². The van der Waals surface area contributed by atoms with Crippen LogP contribution in [0.25, 0.3) is 22.4 Å². The van der Waals surface area contributed by atoms with Crippen LogP contribution in [0.5, 0.6) is 5.88 Å². The predicted octanol–water partition coefficient (Wildman–Crippen LogP) is 4.51. The second-order valence-electron chi connectivity index (χ2n) is 7.66. The van der Waals surface area contributed by atoms with E-state index < -0.39 is 0 Å². The van der Waals surface area contributed by atoms with Crippen molar-refractivity contribution in [3.8, 4) is 17.3 Å². The van der Waals surface area contributed by atoms with E-state index in [4.69, 9.17) is 9.72 Å². The Morgan fingerprint density at radius 2 is 1.87 bits per heavy atom. The number of halogens is 1. The van der Waals surface area contributed by atoms with Crippen molar-refractivity contribution in [3.05, 3.63) is 75.0 Å². The summed E-state index contributed by atoms with van der Waals surface area (Å²) in [5, 5.41) is 0.788. The third kappa shape index (κ3) is 3.61. The van der Waals surface area contributed by atoms with Gasteiger partial charge in [0, 0.05) is 28.0 Å². The molecule has 156 valence electrons. The normalized spacial score (nSPS) is 14.5. The number of methoxy groups -OCH3 is 1. The van der Waals surface area contributed by atoms with Crippen LogP contribution in [0, 0.1) is 0 Å². The molecule has 0 unspecified atom stereocenters. The third-order valence-electron chi connectivity index (χ3n) is 5.63. The van der Waals surface area contributed by atoms with E-state index >= 15 is 0 Å². The molecule has 4 aromatic rings. The van der Waals surface area contributed by atoms with Gasteiger partial charge in [0.1, 0.15) is 17.5 Å². The summed E-state index contributed by atoms with van der Waals surface area (Å²) in [6.07, 6.45) is 5.41. The molecule has 1 fully saturated rings. The molecule has 31 heavy (non-hydrogen) atoms. The Bertz CT molecular complexity index is 1330.